The molecular formula is C14H18O5. The molecule has 2 unspecified atom stereocenters. The second-order valence-electron chi connectivity index (χ2n) is 4.31. The maximum Gasteiger partial charge on any atom is 0.305 e. The second kappa shape index (κ2) is 6.14. The smallest absolute Gasteiger partial charge is 0.305 e. The fourth-order valence-corrected chi connectivity index (χ4v) is 2.17. The molecule has 5 heteroatoms. The van der Waals surface area contributed by atoms with Gasteiger partial charge < -0.3 is 18.9 Å². The predicted molar refractivity (Wildman–Crippen MR) is 67.4 cm³/mol. The highest BCUT2D eigenvalue weighted by molar-refractivity contribution is 5.69. The maximum atomic E-state index is 11.1. The van der Waals surface area contributed by atoms with Crippen molar-refractivity contribution in [3.05, 3.63) is 34.9 Å². The van der Waals surface area contributed by atoms with Crippen molar-refractivity contribution in [1.29, 1.82) is 0 Å². The summed E-state index contributed by atoms with van der Waals surface area (Å²) in [5.74, 6) is -0.213. The van der Waals surface area contributed by atoms with E-state index in [0.717, 1.165) is 16.7 Å². The highest BCUT2D eigenvalue weighted by Gasteiger charge is 2.31. The Morgan fingerprint density at radius 2 is 1.84 bits per heavy atom. The van der Waals surface area contributed by atoms with Gasteiger partial charge >= 0.3 is 5.97 Å². The number of methoxy groups -OCH3 is 3. The van der Waals surface area contributed by atoms with Crippen LogP contribution in [0, 0.1) is 0 Å². The Labute approximate surface area is 112 Å². The first-order valence-electron chi connectivity index (χ1n) is 6.10. The van der Waals surface area contributed by atoms with Crippen molar-refractivity contribution in [2.75, 3.05) is 21.3 Å². The molecule has 0 bridgehead atoms. The van der Waals surface area contributed by atoms with E-state index in [2.05, 4.69) is 4.74 Å². The van der Waals surface area contributed by atoms with Crippen LogP contribution < -0.4 is 0 Å². The number of aryl methyl sites for hydroxylation is 1. The zero-order chi connectivity index (χ0) is 13.8. The molecule has 0 saturated carbocycles. The Balaban J connectivity index is 2.16. The van der Waals surface area contributed by atoms with Crippen molar-refractivity contribution >= 4 is 5.97 Å². The van der Waals surface area contributed by atoms with Gasteiger partial charge in [-0.2, -0.15) is 0 Å². The lowest BCUT2D eigenvalue weighted by Gasteiger charge is -2.10. The normalized spacial score (nSPS) is 21.2. The first-order chi connectivity index (χ1) is 9.19. The van der Waals surface area contributed by atoms with Crippen LogP contribution in [0.3, 0.4) is 0 Å². The van der Waals surface area contributed by atoms with Gasteiger partial charge in [0.15, 0.2) is 12.6 Å². The van der Waals surface area contributed by atoms with Crippen LogP contribution in [0.5, 0.6) is 0 Å². The first kappa shape index (κ1) is 14.0. The summed E-state index contributed by atoms with van der Waals surface area (Å²) in [5.41, 5.74) is 2.97. The number of hydrogen-bond donors (Lipinski definition) is 0. The molecule has 1 aromatic rings. The molecule has 2 atom stereocenters. The van der Waals surface area contributed by atoms with Crippen LogP contribution >= 0.6 is 0 Å². The van der Waals surface area contributed by atoms with Gasteiger partial charge in [0.25, 0.3) is 0 Å². The van der Waals surface area contributed by atoms with E-state index in [1.807, 2.05) is 18.2 Å². The maximum absolute atomic E-state index is 11.1. The van der Waals surface area contributed by atoms with Gasteiger partial charge in [-0.15, -0.1) is 0 Å². The summed E-state index contributed by atoms with van der Waals surface area (Å²) in [6.07, 6.45) is 0.183. The summed E-state index contributed by atoms with van der Waals surface area (Å²) >= 11 is 0. The van der Waals surface area contributed by atoms with E-state index >= 15 is 0 Å². The van der Waals surface area contributed by atoms with Gasteiger partial charge in [0.1, 0.15) is 0 Å². The Kier molecular flexibility index (Phi) is 4.52. The van der Waals surface area contributed by atoms with Crippen LogP contribution in [0.2, 0.25) is 0 Å². The third-order valence-corrected chi connectivity index (χ3v) is 3.18. The minimum atomic E-state index is -0.418. The lowest BCUT2D eigenvalue weighted by atomic mass is 10.0. The van der Waals surface area contributed by atoms with Crippen molar-refractivity contribution in [3.8, 4) is 0 Å². The number of ether oxygens (including phenoxy) is 4. The minimum absolute atomic E-state index is 0.213. The summed E-state index contributed by atoms with van der Waals surface area (Å²) in [6, 6.07) is 5.91. The van der Waals surface area contributed by atoms with E-state index in [4.69, 9.17) is 14.2 Å². The van der Waals surface area contributed by atoms with Crippen LogP contribution in [0.25, 0.3) is 0 Å². The van der Waals surface area contributed by atoms with Gasteiger partial charge in [-0.3, -0.25) is 4.79 Å². The fourth-order valence-electron chi connectivity index (χ4n) is 2.17. The number of hydrogen-bond acceptors (Lipinski definition) is 5. The summed E-state index contributed by atoms with van der Waals surface area (Å²) in [6.45, 7) is 0. The Morgan fingerprint density at radius 1 is 1.16 bits per heavy atom. The predicted octanol–water partition coefficient (Wildman–Crippen LogP) is 2.11. The quantitative estimate of drug-likeness (QED) is 0.764. The number of esters is 1. The lowest BCUT2D eigenvalue weighted by Crippen LogP contribution is -2.03. The SMILES string of the molecule is COC(=O)CCc1ccc2c(c1)C(OC)OC2OC. The van der Waals surface area contributed by atoms with Crippen LogP contribution in [-0.2, 0) is 30.2 Å². The molecule has 0 radical (unpaired) electrons. The number of rotatable bonds is 5. The molecule has 0 aromatic heterocycles. The molecule has 1 aromatic carbocycles. The Hall–Kier alpha value is -1.43. The molecule has 1 heterocycles. The van der Waals surface area contributed by atoms with Gasteiger partial charge in [-0.05, 0) is 12.0 Å². The summed E-state index contributed by atoms with van der Waals surface area (Å²) in [5, 5.41) is 0. The second-order valence-corrected chi connectivity index (χ2v) is 4.31. The molecule has 19 heavy (non-hydrogen) atoms. The number of fused-ring (bicyclic) bond motifs is 1. The molecule has 0 amide bonds. The standard InChI is InChI=1S/C14H18O5/c1-16-12(15)7-5-9-4-6-10-11(8-9)14(18-3)19-13(10)17-2/h4,6,8,13-14H,5,7H2,1-3H3. The van der Waals surface area contributed by atoms with E-state index in [0.29, 0.717) is 12.8 Å². The van der Waals surface area contributed by atoms with Crippen LogP contribution in [0.1, 0.15) is 35.7 Å². The number of carbonyl (C=O) groups excluding carboxylic acids is 1. The molecule has 0 fully saturated rings. The van der Waals surface area contributed by atoms with Gasteiger partial charge in [-0.25, -0.2) is 0 Å². The van der Waals surface area contributed by atoms with Crippen molar-refractivity contribution in [2.24, 2.45) is 0 Å². The lowest BCUT2D eigenvalue weighted by molar-refractivity contribution is -0.217. The van der Waals surface area contributed by atoms with E-state index in [1.54, 1.807) is 14.2 Å². The van der Waals surface area contributed by atoms with Crippen molar-refractivity contribution < 1.29 is 23.7 Å². The molecule has 1 aliphatic heterocycles. The highest BCUT2D eigenvalue weighted by Crippen LogP contribution is 2.40. The van der Waals surface area contributed by atoms with Gasteiger partial charge in [-0.1, -0.05) is 18.2 Å². The zero-order valence-electron chi connectivity index (χ0n) is 11.3. The average molecular weight is 266 g/mol. The third kappa shape index (κ3) is 2.94. The van der Waals surface area contributed by atoms with E-state index in [9.17, 15) is 4.79 Å². The number of carbonyl (C=O) groups is 1. The molecule has 104 valence electrons. The van der Waals surface area contributed by atoms with Crippen molar-refractivity contribution in [1.82, 2.24) is 0 Å². The Morgan fingerprint density at radius 3 is 2.47 bits per heavy atom. The van der Waals surface area contributed by atoms with E-state index in [-0.39, 0.29) is 5.97 Å². The summed E-state index contributed by atoms with van der Waals surface area (Å²) < 4.78 is 20.8. The highest BCUT2D eigenvalue weighted by atomic mass is 16.8. The van der Waals surface area contributed by atoms with Crippen LogP contribution in [-0.4, -0.2) is 27.3 Å². The zero-order valence-corrected chi connectivity index (χ0v) is 11.3. The van der Waals surface area contributed by atoms with Crippen LogP contribution in [0.4, 0.5) is 0 Å². The molecule has 0 aliphatic carbocycles. The molecular weight excluding hydrogens is 248 g/mol. The molecule has 0 saturated heterocycles. The topological polar surface area (TPSA) is 54.0 Å². The van der Waals surface area contributed by atoms with Crippen molar-refractivity contribution in [2.45, 2.75) is 25.4 Å². The summed E-state index contributed by atoms with van der Waals surface area (Å²) in [4.78, 5) is 11.1. The van der Waals surface area contributed by atoms with Crippen molar-refractivity contribution in [3.63, 3.8) is 0 Å². The third-order valence-electron chi connectivity index (χ3n) is 3.18. The van der Waals surface area contributed by atoms with Gasteiger partial charge in [0, 0.05) is 31.8 Å². The number of benzene rings is 1. The van der Waals surface area contributed by atoms with Gasteiger partial charge in [0.2, 0.25) is 0 Å². The minimum Gasteiger partial charge on any atom is -0.469 e. The Bertz CT molecular complexity index is 457. The first-order valence-corrected chi connectivity index (χ1v) is 6.10. The average Bonchev–Trinajstić information content (AvgIpc) is 2.81. The monoisotopic (exact) mass is 266 g/mol. The fraction of sp³-hybridized carbons (Fsp3) is 0.500. The largest absolute Gasteiger partial charge is 0.469 e. The molecule has 2 rings (SSSR count). The van der Waals surface area contributed by atoms with E-state index < -0.39 is 12.6 Å². The van der Waals surface area contributed by atoms with E-state index in [1.165, 1.54) is 7.11 Å². The van der Waals surface area contributed by atoms with Crippen LogP contribution in [0.15, 0.2) is 18.2 Å². The van der Waals surface area contributed by atoms with Gasteiger partial charge in [0.05, 0.1) is 7.11 Å². The summed E-state index contributed by atoms with van der Waals surface area (Å²) in [7, 11) is 4.58. The molecule has 1 aliphatic rings. The molecule has 0 spiro atoms. The molecule has 5 nitrogen and oxygen atoms in total. The molecule has 0 N–H and O–H groups in total.